The van der Waals surface area contributed by atoms with E-state index in [1.54, 1.807) is 0 Å². The lowest BCUT2D eigenvalue weighted by atomic mass is 10.2. The number of ether oxygens (including phenoxy) is 1. The number of hydrogen-bond donors (Lipinski definition) is 1. The van der Waals surface area contributed by atoms with E-state index in [1.807, 2.05) is 6.92 Å². The number of esters is 1. The summed E-state index contributed by atoms with van der Waals surface area (Å²) in [7, 11) is 0. The Morgan fingerprint density at radius 2 is 2.33 bits per heavy atom. The minimum Gasteiger partial charge on any atom is -0.463 e. The van der Waals surface area contributed by atoms with E-state index in [0.29, 0.717) is 6.61 Å². The van der Waals surface area contributed by atoms with E-state index in [4.69, 9.17) is 4.74 Å². The third kappa shape index (κ3) is 3.11. The first-order chi connectivity index (χ1) is 5.61. The maximum Gasteiger partial charge on any atom is 0.335 e. The molecule has 3 nitrogen and oxygen atoms in total. The van der Waals surface area contributed by atoms with Crippen molar-refractivity contribution in [3.05, 3.63) is 0 Å². The summed E-state index contributed by atoms with van der Waals surface area (Å²) in [4.78, 5) is 11.2. The molecular formula is C8H13BrO3. The second-order valence-electron chi connectivity index (χ2n) is 3.19. The highest BCUT2D eigenvalue weighted by atomic mass is 79.9. The number of alkyl halides is 1. The van der Waals surface area contributed by atoms with Crippen LogP contribution >= 0.6 is 15.9 Å². The van der Waals surface area contributed by atoms with Crippen LogP contribution in [0.1, 0.15) is 19.8 Å². The maximum atomic E-state index is 11.0. The highest BCUT2D eigenvalue weighted by Gasteiger charge is 2.35. The molecule has 2 unspecified atom stereocenters. The van der Waals surface area contributed by atoms with E-state index >= 15 is 0 Å². The first kappa shape index (κ1) is 9.99. The molecule has 4 heteroatoms. The summed E-state index contributed by atoms with van der Waals surface area (Å²) in [6.07, 6.45) is 0.997. The predicted molar refractivity (Wildman–Crippen MR) is 48.1 cm³/mol. The number of carbonyl (C=O) groups is 1. The van der Waals surface area contributed by atoms with Crippen LogP contribution in [0.15, 0.2) is 0 Å². The molecule has 0 amide bonds. The SMILES string of the molecule is CC(Br)COC(=O)C(O)C1CC1. The van der Waals surface area contributed by atoms with Crippen LogP contribution in [0.25, 0.3) is 0 Å². The Labute approximate surface area is 80.2 Å². The van der Waals surface area contributed by atoms with Gasteiger partial charge in [-0.2, -0.15) is 0 Å². The molecule has 1 fully saturated rings. The summed E-state index contributed by atoms with van der Waals surface area (Å²) >= 11 is 3.25. The zero-order valence-corrected chi connectivity index (χ0v) is 8.58. The van der Waals surface area contributed by atoms with Crippen LogP contribution in [0.5, 0.6) is 0 Å². The summed E-state index contributed by atoms with van der Waals surface area (Å²) in [5, 5.41) is 9.28. The van der Waals surface area contributed by atoms with E-state index in [0.717, 1.165) is 12.8 Å². The van der Waals surface area contributed by atoms with Crippen molar-refractivity contribution in [1.82, 2.24) is 0 Å². The fraction of sp³-hybridized carbons (Fsp3) is 0.875. The van der Waals surface area contributed by atoms with Crippen LogP contribution in [-0.2, 0) is 9.53 Å². The number of rotatable bonds is 4. The van der Waals surface area contributed by atoms with Gasteiger partial charge in [-0.3, -0.25) is 0 Å². The lowest BCUT2D eigenvalue weighted by molar-refractivity contribution is -0.154. The summed E-state index contributed by atoms with van der Waals surface area (Å²) < 4.78 is 4.83. The van der Waals surface area contributed by atoms with Crippen LogP contribution in [0.4, 0.5) is 0 Å². The van der Waals surface area contributed by atoms with E-state index in [2.05, 4.69) is 15.9 Å². The van der Waals surface area contributed by atoms with Gasteiger partial charge in [-0.15, -0.1) is 0 Å². The molecule has 1 rings (SSSR count). The molecule has 0 radical (unpaired) electrons. The van der Waals surface area contributed by atoms with Crippen molar-refractivity contribution in [3.8, 4) is 0 Å². The van der Waals surface area contributed by atoms with Gasteiger partial charge in [0, 0.05) is 4.83 Å². The van der Waals surface area contributed by atoms with Gasteiger partial charge in [0.15, 0.2) is 6.10 Å². The summed E-state index contributed by atoms with van der Waals surface area (Å²) in [6, 6.07) is 0. The molecule has 0 spiro atoms. The van der Waals surface area contributed by atoms with Gasteiger partial charge in [0.05, 0.1) is 0 Å². The van der Waals surface area contributed by atoms with Crippen LogP contribution < -0.4 is 0 Å². The van der Waals surface area contributed by atoms with Crippen molar-refractivity contribution in [2.45, 2.75) is 30.7 Å². The van der Waals surface area contributed by atoms with Gasteiger partial charge in [-0.25, -0.2) is 4.79 Å². The monoisotopic (exact) mass is 236 g/mol. The number of halogens is 1. The molecule has 2 atom stereocenters. The molecule has 0 aromatic carbocycles. The molecule has 1 aliphatic rings. The normalized spacial score (nSPS) is 21.6. The van der Waals surface area contributed by atoms with E-state index in [9.17, 15) is 9.90 Å². The zero-order chi connectivity index (χ0) is 9.14. The standard InChI is InChI=1S/C8H13BrO3/c1-5(9)4-12-8(11)7(10)6-2-3-6/h5-7,10H,2-4H2,1H3. The van der Waals surface area contributed by atoms with Gasteiger partial charge < -0.3 is 9.84 Å². The fourth-order valence-corrected chi connectivity index (χ4v) is 1.02. The minimum absolute atomic E-state index is 0.146. The Bertz CT molecular complexity index is 166. The molecule has 0 bridgehead atoms. The topological polar surface area (TPSA) is 46.5 Å². The Balaban J connectivity index is 2.17. The molecule has 0 aromatic rings. The molecule has 12 heavy (non-hydrogen) atoms. The fourth-order valence-electron chi connectivity index (χ4n) is 0.887. The van der Waals surface area contributed by atoms with E-state index in [-0.39, 0.29) is 10.7 Å². The molecule has 0 aromatic heterocycles. The van der Waals surface area contributed by atoms with Crippen molar-refractivity contribution < 1.29 is 14.6 Å². The lowest BCUT2D eigenvalue weighted by Crippen LogP contribution is -2.26. The number of aliphatic hydroxyl groups is 1. The molecule has 1 aliphatic carbocycles. The van der Waals surface area contributed by atoms with Gasteiger partial charge >= 0.3 is 5.97 Å². The summed E-state index contributed by atoms with van der Waals surface area (Å²) in [5.41, 5.74) is 0. The average molecular weight is 237 g/mol. The predicted octanol–water partition coefficient (Wildman–Crippen LogP) is 1.08. The number of aliphatic hydroxyl groups excluding tert-OH is 1. The highest BCUT2D eigenvalue weighted by molar-refractivity contribution is 9.09. The van der Waals surface area contributed by atoms with Gasteiger partial charge in [0.2, 0.25) is 0 Å². The Morgan fingerprint density at radius 3 is 2.75 bits per heavy atom. The van der Waals surface area contributed by atoms with Crippen LogP contribution in [-0.4, -0.2) is 28.6 Å². The van der Waals surface area contributed by atoms with Gasteiger partial charge in [0.25, 0.3) is 0 Å². The van der Waals surface area contributed by atoms with E-state index < -0.39 is 12.1 Å². The van der Waals surface area contributed by atoms with Crippen LogP contribution in [0.2, 0.25) is 0 Å². The summed E-state index contributed by atoms with van der Waals surface area (Å²) in [5.74, 6) is -0.327. The van der Waals surface area contributed by atoms with Crippen LogP contribution in [0.3, 0.4) is 0 Å². The largest absolute Gasteiger partial charge is 0.463 e. The molecule has 0 aliphatic heterocycles. The molecule has 0 saturated heterocycles. The molecule has 1 saturated carbocycles. The quantitative estimate of drug-likeness (QED) is 0.588. The lowest BCUT2D eigenvalue weighted by Gasteiger charge is -2.10. The van der Waals surface area contributed by atoms with Gasteiger partial charge in [-0.05, 0) is 25.7 Å². The molecule has 0 heterocycles. The third-order valence-corrected chi connectivity index (χ3v) is 2.03. The van der Waals surface area contributed by atoms with Crippen molar-refractivity contribution in [3.63, 3.8) is 0 Å². The van der Waals surface area contributed by atoms with Crippen molar-refractivity contribution in [2.75, 3.05) is 6.61 Å². The molecular weight excluding hydrogens is 224 g/mol. The number of carbonyl (C=O) groups excluding carboxylic acids is 1. The first-order valence-corrected chi connectivity index (χ1v) is 5.01. The van der Waals surface area contributed by atoms with Crippen molar-refractivity contribution in [2.24, 2.45) is 5.92 Å². The van der Waals surface area contributed by atoms with Crippen LogP contribution in [0, 0.1) is 5.92 Å². The van der Waals surface area contributed by atoms with Crippen molar-refractivity contribution in [1.29, 1.82) is 0 Å². The second-order valence-corrected chi connectivity index (χ2v) is 4.76. The van der Waals surface area contributed by atoms with Gasteiger partial charge in [-0.1, -0.05) is 15.9 Å². The third-order valence-electron chi connectivity index (χ3n) is 1.77. The van der Waals surface area contributed by atoms with Gasteiger partial charge in [0.1, 0.15) is 6.61 Å². The molecule has 70 valence electrons. The Hall–Kier alpha value is -0.0900. The molecule has 1 N–H and O–H groups in total. The smallest absolute Gasteiger partial charge is 0.335 e. The van der Waals surface area contributed by atoms with E-state index in [1.165, 1.54) is 0 Å². The van der Waals surface area contributed by atoms with Crippen molar-refractivity contribution >= 4 is 21.9 Å². The zero-order valence-electron chi connectivity index (χ0n) is 7.00. The maximum absolute atomic E-state index is 11.0. The first-order valence-electron chi connectivity index (χ1n) is 4.10. The average Bonchev–Trinajstić information content (AvgIpc) is 2.80. The minimum atomic E-state index is -0.892. The highest BCUT2D eigenvalue weighted by Crippen LogP contribution is 2.32. The number of hydrogen-bond acceptors (Lipinski definition) is 3. The summed E-state index contributed by atoms with van der Waals surface area (Å²) in [6.45, 7) is 2.21. The second kappa shape index (κ2) is 4.23. The Morgan fingerprint density at radius 1 is 1.75 bits per heavy atom. The Kier molecular flexibility index (Phi) is 3.53.